The van der Waals surface area contributed by atoms with E-state index in [1.54, 1.807) is 6.07 Å². The van der Waals surface area contributed by atoms with Gasteiger partial charge in [0.2, 0.25) is 5.82 Å². The van der Waals surface area contributed by atoms with Crippen molar-refractivity contribution in [1.29, 1.82) is 0 Å². The van der Waals surface area contributed by atoms with E-state index in [1.807, 2.05) is 6.07 Å². The van der Waals surface area contributed by atoms with Crippen molar-refractivity contribution < 1.29 is 8.78 Å². The van der Waals surface area contributed by atoms with Gasteiger partial charge < -0.3 is 4.90 Å². The van der Waals surface area contributed by atoms with Gasteiger partial charge in [0.25, 0.3) is 6.43 Å². The Morgan fingerprint density at radius 2 is 1.83 bits per heavy atom. The summed E-state index contributed by atoms with van der Waals surface area (Å²) in [6.07, 6.45) is 1.19. The van der Waals surface area contributed by atoms with Gasteiger partial charge in [-0.1, -0.05) is 32.9 Å². The third-order valence-electron chi connectivity index (χ3n) is 6.00. The van der Waals surface area contributed by atoms with Crippen LogP contribution in [0.2, 0.25) is 0 Å². The summed E-state index contributed by atoms with van der Waals surface area (Å²) in [7, 11) is 0. The number of halogens is 2. The Bertz CT molecular complexity index is 972. The fourth-order valence-corrected chi connectivity index (χ4v) is 4.14. The molecule has 6 nitrogen and oxygen atoms in total. The van der Waals surface area contributed by atoms with Gasteiger partial charge in [-0.25, -0.2) is 8.78 Å². The van der Waals surface area contributed by atoms with E-state index in [2.05, 4.69) is 63.4 Å². The summed E-state index contributed by atoms with van der Waals surface area (Å²) < 4.78 is 25.7. The van der Waals surface area contributed by atoms with Crippen LogP contribution in [0.15, 0.2) is 36.5 Å². The third-order valence-corrected chi connectivity index (χ3v) is 6.00. The number of aromatic nitrogens is 5. The van der Waals surface area contributed by atoms with E-state index in [1.165, 1.54) is 12.3 Å². The van der Waals surface area contributed by atoms with Crippen LogP contribution in [0, 0.1) is 11.3 Å². The number of pyridine rings is 1. The van der Waals surface area contributed by atoms with Gasteiger partial charge in [0.1, 0.15) is 5.69 Å². The van der Waals surface area contributed by atoms with Crippen LogP contribution < -0.4 is 4.90 Å². The molecular weight excluding hydrogens is 386 g/mol. The maximum Gasteiger partial charge on any atom is 0.280 e. The second kappa shape index (κ2) is 8.08. The first-order valence-electron chi connectivity index (χ1n) is 10.2. The molecule has 0 saturated carbocycles. The molecule has 0 radical (unpaired) electrons. The summed E-state index contributed by atoms with van der Waals surface area (Å²) in [5.74, 6) is 1.18. The Balaban J connectivity index is 1.65. The fourth-order valence-electron chi connectivity index (χ4n) is 4.14. The van der Waals surface area contributed by atoms with Crippen LogP contribution in [0.5, 0.6) is 0 Å². The minimum absolute atomic E-state index is 0.238. The molecule has 1 N–H and O–H groups in total. The van der Waals surface area contributed by atoms with Gasteiger partial charge in [0, 0.05) is 36.1 Å². The molecule has 1 aliphatic heterocycles. The first kappa shape index (κ1) is 20.4. The molecule has 0 bridgehead atoms. The van der Waals surface area contributed by atoms with Gasteiger partial charge in [0.15, 0.2) is 0 Å². The second-order valence-electron chi connectivity index (χ2n) is 8.87. The molecule has 0 spiro atoms. The molecule has 0 amide bonds. The summed E-state index contributed by atoms with van der Waals surface area (Å²) in [4.78, 5) is 6.28. The highest BCUT2D eigenvalue weighted by Gasteiger charge is 2.29. The number of piperidine rings is 1. The maximum absolute atomic E-state index is 12.9. The largest absolute Gasteiger partial charge is 0.371 e. The van der Waals surface area contributed by atoms with Crippen LogP contribution >= 0.6 is 0 Å². The Morgan fingerprint density at radius 3 is 2.40 bits per heavy atom. The first-order valence-corrected chi connectivity index (χ1v) is 10.2. The summed E-state index contributed by atoms with van der Waals surface area (Å²) >= 11 is 0. The summed E-state index contributed by atoms with van der Waals surface area (Å²) in [5, 5.41) is 14.5. The fraction of sp³-hybridized carbons (Fsp3) is 0.455. The van der Waals surface area contributed by atoms with Gasteiger partial charge in [0.05, 0.1) is 0 Å². The van der Waals surface area contributed by atoms with E-state index in [-0.39, 0.29) is 5.69 Å². The van der Waals surface area contributed by atoms with E-state index < -0.39 is 6.43 Å². The van der Waals surface area contributed by atoms with E-state index in [0.717, 1.165) is 48.3 Å². The minimum atomic E-state index is -2.59. The monoisotopic (exact) mass is 412 g/mol. The molecule has 2 aromatic heterocycles. The van der Waals surface area contributed by atoms with Gasteiger partial charge in [-0.15, -0.1) is 10.2 Å². The van der Waals surface area contributed by atoms with E-state index in [4.69, 9.17) is 0 Å². The van der Waals surface area contributed by atoms with Crippen LogP contribution in [0.4, 0.5) is 14.5 Å². The standard InChI is InChI=1S/C22H26F2N6/c1-22(2,3)15-8-10-30(11-9-15)16-5-6-17(18(12-16)21-26-28-29-27-21)14-4-7-19(20(23)24)25-13-14/h4-7,12-13,15,20H,8-11H2,1-3H3,(H,26,27,28,29). The smallest absolute Gasteiger partial charge is 0.280 e. The number of H-pyrrole nitrogens is 1. The Hall–Kier alpha value is -2.90. The van der Waals surface area contributed by atoms with Crippen molar-refractivity contribution in [3.63, 3.8) is 0 Å². The van der Waals surface area contributed by atoms with Crippen LogP contribution in [0.1, 0.15) is 45.7 Å². The minimum Gasteiger partial charge on any atom is -0.371 e. The Morgan fingerprint density at radius 1 is 1.07 bits per heavy atom. The predicted molar refractivity (Wildman–Crippen MR) is 112 cm³/mol. The zero-order valence-electron chi connectivity index (χ0n) is 17.4. The summed E-state index contributed by atoms with van der Waals surface area (Å²) in [5.41, 5.74) is 3.55. The number of nitrogens with one attached hydrogen (secondary N) is 1. The molecule has 0 unspecified atom stereocenters. The van der Waals surface area contributed by atoms with Crippen LogP contribution in [-0.2, 0) is 0 Å². The number of benzene rings is 1. The van der Waals surface area contributed by atoms with E-state index >= 15 is 0 Å². The van der Waals surface area contributed by atoms with Crippen molar-refractivity contribution in [2.75, 3.05) is 18.0 Å². The second-order valence-corrected chi connectivity index (χ2v) is 8.87. The average molecular weight is 412 g/mol. The number of anilines is 1. The van der Waals surface area contributed by atoms with Crippen molar-refractivity contribution >= 4 is 5.69 Å². The average Bonchev–Trinajstić information content (AvgIpc) is 3.28. The SMILES string of the molecule is CC(C)(C)C1CCN(c2ccc(-c3ccc(C(F)F)nc3)c(-c3nn[nH]n3)c2)CC1. The number of alkyl halides is 2. The summed E-state index contributed by atoms with van der Waals surface area (Å²) in [6.45, 7) is 8.92. The molecule has 8 heteroatoms. The van der Waals surface area contributed by atoms with Crippen molar-refractivity contribution in [3.8, 4) is 22.5 Å². The third kappa shape index (κ3) is 4.17. The molecule has 3 heterocycles. The molecule has 1 saturated heterocycles. The number of hydrogen-bond acceptors (Lipinski definition) is 5. The molecule has 1 aromatic carbocycles. The lowest BCUT2D eigenvalue weighted by molar-refractivity contribution is 0.146. The van der Waals surface area contributed by atoms with E-state index in [9.17, 15) is 8.78 Å². The lowest BCUT2D eigenvalue weighted by Crippen LogP contribution is -2.38. The highest BCUT2D eigenvalue weighted by Crippen LogP contribution is 2.38. The highest BCUT2D eigenvalue weighted by atomic mass is 19.3. The molecule has 158 valence electrons. The normalized spacial score (nSPS) is 15.7. The first-order chi connectivity index (χ1) is 14.3. The highest BCUT2D eigenvalue weighted by molar-refractivity contribution is 5.83. The zero-order valence-corrected chi connectivity index (χ0v) is 17.4. The Labute approximate surface area is 174 Å². The number of aromatic amines is 1. The van der Waals surface area contributed by atoms with Gasteiger partial charge in [-0.2, -0.15) is 5.21 Å². The lowest BCUT2D eigenvalue weighted by atomic mass is 9.75. The van der Waals surface area contributed by atoms with E-state index in [0.29, 0.717) is 17.2 Å². The Kier molecular flexibility index (Phi) is 5.49. The number of nitrogens with zero attached hydrogens (tertiary/aromatic N) is 5. The topological polar surface area (TPSA) is 70.6 Å². The molecule has 1 aliphatic rings. The molecule has 0 atom stereocenters. The number of hydrogen-bond donors (Lipinski definition) is 1. The van der Waals surface area contributed by atoms with Crippen LogP contribution in [-0.4, -0.2) is 38.7 Å². The zero-order chi connectivity index (χ0) is 21.3. The van der Waals surface area contributed by atoms with Crippen molar-refractivity contribution in [3.05, 3.63) is 42.2 Å². The lowest BCUT2D eigenvalue weighted by Gasteiger charge is -2.40. The van der Waals surface area contributed by atoms with Crippen molar-refractivity contribution in [1.82, 2.24) is 25.6 Å². The molecule has 3 aromatic rings. The molecule has 4 rings (SSSR count). The molecular formula is C22H26F2N6. The van der Waals surface area contributed by atoms with Crippen molar-refractivity contribution in [2.24, 2.45) is 11.3 Å². The number of tetrazole rings is 1. The van der Waals surface area contributed by atoms with Crippen LogP contribution in [0.25, 0.3) is 22.5 Å². The number of rotatable bonds is 4. The summed E-state index contributed by atoms with van der Waals surface area (Å²) in [6, 6.07) is 9.11. The molecule has 0 aliphatic carbocycles. The van der Waals surface area contributed by atoms with Crippen LogP contribution in [0.3, 0.4) is 0 Å². The van der Waals surface area contributed by atoms with Gasteiger partial charge in [-0.3, -0.25) is 4.98 Å². The molecule has 1 fully saturated rings. The van der Waals surface area contributed by atoms with Crippen molar-refractivity contribution in [2.45, 2.75) is 40.0 Å². The van der Waals surface area contributed by atoms with Gasteiger partial charge >= 0.3 is 0 Å². The predicted octanol–water partition coefficient (Wildman–Crippen LogP) is 5.13. The quantitative estimate of drug-likeness (QED) is 0.643. The molecule has 30 heavy (non-hydrogen) atoms. The maximum atomic E-state index is 12.9. The van der Waals surface area contributed by atoms with Gasteiger partial charge in [-0.05, 0) is 53.2 Å².